The molecule has 0 saturated heterocycles. The predicted molar refractivity (Wildman–Crippen MR) is 66.2 cm³/mol. The molecule has 1 aliphatic carbocycles. The standard InChI is InChI=1S/C12H20N2O5/c1-19-9(15)7-8(10(16)17)14-11(18)12(13)5-3-2-4-6-12/h8H,2-7,13H2,1H3,(H,14,18)(H,16,17)/t8-/m0/s1. The number of rotatable bonds is 5. The van der Waals surface area contributed by atoms with Gasteiger partial charge in [0.15, 0.2) is 0 Å². The molecule has 0 aliphatic heterocycles. The lowest BCUT2D eigenvalue weighted by Crippen LogP contribution is -2.58. The van der Waals surface area contributed by atoms with E-state index in [1.165, 1.54) is 0 Å². The monoisotopic (exact) mass is 272 g/mol. The Labute approximate surface area is 111 Å². The highest BCUT2D eigenvalue weighted by atomic mass is 16.5. The van der Waals surface area contributed by atoms with E-state index in [0.29, 0.717) is 12.8 Å². The molecule has 1 amide bonds. The molecular formula is C12H20N2O5. The number of carboxylic acid groups (broad SMARTS) is 1. The van der Waals surface area contributed by atoms with Gasteiger partial charge < -0.3 is 20.9 Å². The number of hydrogen-bond acceptors (Lipinski definition) is 5. The molecule has 19 heavy (non-hydrogen) atoms. The summed E-state index contributed by atoms with van der Waals surface area (Å²) in [4.78, 5) is 34.2. The van der Waals surface area contributed by atoms with Crippen LogP contribution in [-0.2, 0) is 19.1 Å². The van der Waals surface area contributed by atoms with E-state index in [0.717, 1.165) is 26.4 Å². The Morgan fingerprint density at radius 3 is 2.37 bits per heavy atom. The molecular weight excluding hydrogens is 252 g/mol. The van der Waals surface area contributed by atoms with Crippen LogP contribution < -0.4 is 11.1 Å². The van der Waals surface area contributed by atoms with Crippen molar-refractivity contribution in [2.75, 3.05) is 7.11 Å². The molecule has 7 nitrogen and oxygen atoms in total. The lowest BCUT2D eigenvalue weighted by Gasteiger charge is -2.32. The molecule has 1 saturated carbocycles. The van der Waals surface area contributed by atoms with E-state index in [1.54, 1.807) is 0 Å². The van der Waals surface area contributed by atoms with Crippen LogP contribution in [0.1, 0.15) is 38.5 Å². The fourth-order valence-corrected chi connectivity index (χ4v) is 2.16. The highest BCUT2D eigenvalue weighted by Gasteiger charge is 2.37. The second-order valence-corrected chi connectivity index (χ2v) is 4.86. The first-order chi connectivity index (χ1) is 8.89. The third-order valence-corrected chi connectivity index (χ3v) is 3.40. The zero-order valence-electron chi connectivity index (χ0n) is 11.0. The summed E-state index contributed by atoms with van der Waals surface area (Å²) in [6.45, 7) is 0. The summed E-state index contributed by atoms with van der Waals surface area (Å²) in [5.74, 6) is -2.48. The minimum Gasteiger partial charge on any atom is -0.480 e. The Hall–Kier alpha value is -1.63. The van der Waals surface area contributed by atoms with Crippen LogP contribution in [0.25, 0.3) is 0 Å². The quantitative estimate of drug-likeness (QED) is 0.595. The lowest BCUT2D eigenvalue weighted by molar-refractivity contribution is -0.149. The van der Waals surface area contributed by atoms with Crippen LogP contribution in [0.5, 0.6) is 0 Å². The SMILES string of the molecule is COC(=O)C[C@H](NC(=O)C1(N)CCCCC1)C(=O)O. The summed E-state index contributed by atoms with van der Waals surface area (Å²) < 4.78 is 4.40. The number of methoxy groups -OCH3 is 1. The smallest absolute Gasteiger partial charge is 0.326 e. The summed E-state index contributed by atoms with van der Waals surface area (Å²) in [6, 6.07) is -1.30. The van der Waals surface area contributed by atoms with Gasteiger partial charge in [-0.1, -0.05) is 19.3 Å². The van der Waals surface area contributed by atoms with Crippen molar-refractivity contribution in [1.29, 1.82) is 0 Å². The lowest BCUT2D eigenvalue weighted by atomic mass is 9.81. The zero-order valence-corrected chi connectivity index (χ0v) is 11.0. The summed E-state index contributed by atoms with van der Waals surface area (Å²) in [5, 5.41) is 11.3. The highest BCUT2D eigenvalue weighted by Crippen LogP contribution is 2.26. The largest absolute Gasteiger partial charge is 0.480 e. The maximum atomic E-state index is 12.1. The molecule has 0 aromatic heterocycles. The Balaban J connectivity index is 2.65. The van der Waals surface area contributed by atoms with Gasteiger partial charge in [-0.3, -0.25) is 9.59 Å². The Bertz CT molecular complexity index is 363. The van der Waals surface area contributed by atoms with E-state index in [1.807, 2.05) is 0 Å². The van der Waals surface area contributed by atoms with E-state index >= 15 is 0 Å². The number of nitrogens with two attached hydrogens (primary N) is 1. The highest BCUT2D eigenvalue weighted by molar-refractivity contribution is 5.91. The van der Waals surface area contributed by atoms with Gasteiger partial charge in [0.25, 0.3) is 0 Å². The molecule has 0 spiro atoms. The van der Waals surface area contributed by atoms with Gasteiger partial charge in [-0.25, -0.2) is 4.79 Å². The molecule has 1 aliphatic rings. The molecule has 7 heteroatoms. The first-order valence-corrected chi connectivity index (χ1v) is 6.28. The molecule has 4 N–H and O–H groups in total. The second-order valence-electron chi connectivity index (χ2n) is 4.86. The fourth-order valence-electron chi connectivity index (χ4n) is 2.16. The maximum Gasteiger partial charge on any atom is 0.326 e. The van der Waals surface area contributed by atoms with E-state index in [2.05, 4.69) is 10.1 Å². The van der Waals surface area contributed by atoms with Crippen molar-refractivity contribution in [3.63, 3.8) is 0 Å². The van der Waals surface area contributed by atoms with Crippen molar-refractivity contribution < 1.29 is 24.2 Å². The van der Waals surface area contributed by atoms with Gasteiger partial charge in [-0.05, 0) is 12.8 Å². The molecule has 108 valence electrons. The summed E-state index contributed by atoms with van der Waals surface area (Å²) in [6.07, 6.45) is 3.37. The Morgan fingerprint density at radius 1 is 1.32 bits per heavy atom. The molecule has 0 aromatic carbocycles. The van der Waals surface area contributed by atoms with Crippen molar-refractivity contribution in [3.05, 3.63) is 0 Å². The van der Waals surface area contributed by atoms with Crippen molar-refractivity contribution in [2.45, 2.75) is 50.1 Å². The third kappa shape index (κ3) is 4.20. The Kier molecular flexibility index (Phi) is 5.29. The van der Waals surface area contributed by atoms with E-state index in [-0.39, 0.29) is 0 Å². The molecule has 1 atom stereocenters. The van der Waals surface area contributed by atoms with E-state index in [9.17, 15) is 14.4 Å². The van der Waals surface area contributed by atoms with Gasteiger partial charge in [0.1, 0.15) is 6.04 Å². The van der Waals surface area contributed by atoms with Crippen molar-refractivity contribution in [3.8, 4) is 0 Å². The zero-order chi connectivity index (χ0) is 14.5. The minimum atomic E-state index is -1.30. The van der Waals surface area contributed by atoms with E-state index < -0.39 is 35.8 Å². The summed E-state index contributed by atoms with van der Waals surface area (Å²) >= 11 is 0. The number of hydrogen-bond donors (Lipinski definition) is 3. The predicted octanol–water partition coefficient (Wildman–Crippen LogP) is -0.219. The number of ether oxygens (including phenoxy) is 1. The number of carboxylic acids is 1. The normalized spacial score (nSPS) is 19.3. The van der Waals surface area contributed by atoms with Crippen LogP contribution in [0.3, 0.4) is 0 Å². The van der Waals surface area contributed by atoms with Gasteiger partial charge in [-0.15, -0.1) is 0 Å². The molecule has 0 aromatic rings. The number of aliphatic carboxylic acids is 1. The van der Waals surface area contributed by atoms with Crippen LogP contribution in [0, 0.1) is 0 Å². The second kappa shape index (κ2) is 6.51. The minimum absolute atomic E-state index is 0.409. The molecule has 0 radical (unpaired) electrons. The summed E-state index contributed by atoms with van der Waals surface area (Å²) in [7, 11) is 1.16. The van der Waals surface area contributed by atoms with Gasteiger partial charge in [0.05, 0.1) is 19.1 Å². The van der Waals surface area contributed by atoms with Crippen molar-refractivity contribution in [1.82, 2.24) is 5.32 Å². The number of carbonyl (C=O) groups excluding carboxylic acids is 2. The van der Waals surface area contributed by atoms with Gasteiger partial charge in [0.2, 0.25) is 5.91 Å². The Morgan fingerprint density at radius 2 is 1.89 bits per heavy atom. The third-order valence-electron chi connectivity index (χ3n) is 3.40. The first-order valence-electron chi connectivity index (χ1n) is 6.28. The molecule has 0 unspecified atom stereocenters. The van der Waals surface area contributed by atoms with E-state index in [4.69, 9.17) is 10.8 Å². The van der Waals surface area contributed by atoms with Gasteiger partial charge >= 0.3 is 11.9 Å². The molecule has 1 fully saturated rings. The van der Waals surface area contributed by atoms with Crippen LogP contribution in [0.15, 0.2) is 0 Å². The van der Waals surface area contributed by atoms with Crippen LogP contribution in [-0.4, -0.2) is 41.6 Å². The number of nitrogens with one attached hydrogen (secondary N) is 1. The van der Waals surface area contributed by atoms with Crippen LogP contribution in [0.2, 0.25) is 0 Å². The first kappa shape index (κ1) is 15.4. The molecule has 0 heterocycles. The number of carbonyl (C=O) groups is 3. The number of amides is 1. The maximum absolute atomic E-state index is 12.1. The van der Waals surface area contributed by atoms with Gasteiger partial charge in [0, 0.05) is 0 Å². The number of esters is 1. The van der Waals surface area contributed by atoms with Crippen molar-refractivity contribution >= 4 is 17.8 Å². The van der Waals surface area contributed by atoms with Crippen molar-refractivity contribution in [2.24, 2.45) is 5.73 Å². The molecule has 0 bridgehead atoms. The van der Waals surface area contributed by atoms with Gasteiger partial charge in [-0.2, -0.15) is 0 Å². The van der Waals surface area contributed by atoms with Crippen LogP contribution in [0.4, 0.5) is 0 Å². The van der Waals surface area contributed by atoms with Crippen LogP contribution >= 0.6 is 0 Å². The molecule has 1 rings (SSSR count). The average molecular weight is 272 g/mol. The fraction of sp³-hybridized carbons (Fsp3) is 0.750. The topological polar surface area (TPSA) is 119 Å². The average Bonchev–Trinajstić information content (AvgIpc) is 2.38. The summed E-state index contributed by atoms with van der Waals surface area (Å²) in [5.41, 5.74) is 4.97.